The van der Waals surface area contributed by atoms with Crippen LogP contribution in [0, 0.1) is 5.92 Å². The molecule has 1 saturated heterocycles. The molecule has 0 aromatic carbocycles. The predicted molar refractivity (Wildman–Crippen MR) is 65.4 cm³/mol. The van der Waals surface area contributed by atoms with Crippen LogP contribution in [-0.2, 0) is 0 Å². The zero-order valence-electron chi connectivity index (χ0n) is 9.89. The van der Waals surface area contributed by atoms with Gasteiger partial charge in [0.2, 0.25) is 0 Å². The molecule has 16 heavy (non-hydrogen) atoms. The Balaban J connectivity index is 1.65. The quantitative estimate of drug-likeness (QED) is 0.837. The summed E-state index contributed by atoms with van der Waals surface area (Å²) in [6, 6.07) is 0. The number of aromatic nitrogens is 2. The van der Waals surface area contributed by atoms with Gasteiger partial charge in [0.1, 0.15) is 5.82 Å². The standard InChI is InChI=1S/C12H20N4/c1-16-8-3-11(4-9-16)2-5-14-12-10-13-6-7-15-12/h6-7,10-11H,2-5,8-9H2,1H3,(H,14,15). The van der Waals surface area contributed by atoms with Crippen LogP contribution < -0.4 is 5.32 Å². The van der Waals surface area contributed by atoms with Gasteiger partial charge in [-0.25, -0.2) is 4.98 Å². The topological polar surface area (TPSA) is 41.0 Å². The molecule has 1 aliphatic rings. The molecule has 0 unspecified atom stereocenters. The molecule has 4 heteroatoms. The molecule has 1 aliphatic heterocycles. The second kappa shape index (κ2) is 5.80. The number of likely N-dealkylation sites (tertiary alicyclic amines) is 1. The third-order valence-electron chi connectivity index (χ3n) is 3.26. The number of piperidine rings is 1. The van der Waals surface area contributed by atoms with Gasteiger partial charge in [-0.3, -0.25) is 4.98 Å². The van der Waals surface area contributed by atoms with Gasteiger partial charge in [-0.05, 0) is 45.3 Å². The fourth-order valence-electron chi connectivity index (χ4n) is 2.15. The van der Waals surface area contributed by atoms with Gasteiger partial charge in [0, 0.05) is 18.9 Å². The Labute approximate surface area is 97.1 Å². The van der Waals surface area contributed by atoms with Gasteiger partial charge in [-0.15, -0.1) is 0 Å². The second-order valence-corrected chi connectivity index (χ2v) is 4.55. The van der Waals surface area contributed by atoms with Crippen molar-refractivity contribution in [3.8, 4) is 0 Å². The highest BCUT2D eigenvalue weighted by atomic mass is 15.1. The van der Waals surface area contributed by atoms with Crippen molar-refractivity contribution in [2.24, 2.45) is 5.92 Å². The molecular formula is C12H20N4. The molecule has 1 aromatic rings. The second-order valence-electron chi connectivity index (χ2n) is 4.55. The van der Waals surface area contributed by atoms with Crippen molar-refractivity contribution < 1.29 is 0 Å². The molecule has 1 fully saturated rings. The number of nitrogens with one attached hydrogen (secondary N) is 1. The molecule has 0 bridgehead atoms. The van der Waals surface area contributed by atoms with E-state index < -0.39 is 0 Å². The number of hydrogen-bond donors (Lipinski definition) is 1. The first-order valence-corrected chi connectivity index (χ1v) is 6.03. The van der Waals surface area contributed by atoms with E-state index in [2.05, 4.69) is 27.2 Å². The molecule has 2 heterocycles. The smallest absolute Gasteiger partial charge is 0.144 e. The van der Waals surface area contributed by atoms with E-state index in [4.69, 9.17) is 0 Å². The predicted octanol–water partition coefficient (Wildman–Crippen LogP) is 1.62. The van der Waals surface area contributed by atoms with E-state index in [0.717, 1.165) is 18.3 Å². The lowest BCUT2D eigenvalue weighted by atomic mass is 9.94. The molecule has 4 nitrogen and oxygen atoms in total. The Bertz CT molecular complexity index is 293. The molecule has 0 aliphatic carbocycles. The normalized spacial score (nSPS) is 18.6. The minimum absolute atomic E-state index is 0.875. The largest absolute Gasteiger partial charge is 0.369 e. The SMILES string of the molecule is CN1CCC(CCNc2cnccn2)CC1. The molecule has 0 amide bonds. The number of anilines is 1. The molecule has 1 N–H and O–H groups in total. The van der Waals surface area contributed by atoms with Crippen LogP contribution in [0.2, 0.25) is 0 Å². The third-order valence-corrected chi connectivity index (χ3v) is 3.26. The van der Waals surface area contributed by atoms with Gasteiger partial charge in [0.25, 0.3) is 0 Å². The van der Waals surface area contributed by atoms with Gasteiger partial charge in [-0.2, -0.15) is 0 Å². The molecule has 1 aromatic heterocycles. The summed E-state index contributed by atoms with van der Waals surface area (Å²) < 4.78 is 0. The van der Waals surface area contributed by atoms with E-state index in [-0.39, 0.29) is 0 Å². The van der Waals surface area contributed by atoms with Crippen molar-refractivity contribution in [2.75, 3.05) is 32.0 Å². The van der Waals surface area contributed by atoms with Crippen LogP contribution >= 0.6 is 0 Å². The fraction of sp³-hybridized carbons (Fsp3) is 0.667. The molecular weight excluding hydrogens is 200 g/mol. The highest BCUT2D eigenvalue weighted by molar-refractivity contribution is 5.29. The highest BCUT2D eigenvalue weighted by Gasteiger charge is 2.15. The summed E-state index contributed by atoms with van der Waals surface area (Å²) in [5.41, 5.74) is 0. The summed E-state index contributed by atoms with van der Waals surface area (Å²) in [6.45, 7) is 3.50. The van der Waals surface area contributed by atoms with E-state index >= 15 is 0 Å². The van der Waals surface area contributed by atoms with Crippen LogP contribution in [0.1, 0.15) is 19.3 Å². The summed E-state index contributed by atoms with van der Waals surface area (Å²) in [5.74, 6) is 1.76. The van der Waals surface area contributed by atoms with Crippen LogP contribution in [0.4, 0.5) is 5.82 Å². The zero-order valence-corrected chi connectivity index (χ0v) is 9.89. The average molecular weight is 220 g/mol. The first kappa shape index (κ1) is 11.3. The third kappa shape index (κ3) is 3.45. The summed E-state index contributed by atoms with van der Waals surface area (Å²) in [6.07, 6.45) is 9.09. The van der Waals surface area contributed by atoms with Gasteiger partial charge in [0.05, 0.1) is 6.20 Å². The van der Waals surface area contributed by atoms with Crippen LogP contribution in [0.3, 0.4) is 0 Å². The van der Waals surface area contributed by atoms with Crippen molar-refractivity contribution in [2.45, 2.75) is 19.3 Å². The van der Waals surface area contributed by atoms with Crippen LogP contribution in [0.25, 0.3) is 0 Å². The Kier molecular flexibility index (Phi) is 4.10. The number of hydrogen-bond acceptors (Lipinski definition) is 4. The average Bonchev–Trinajstić information content (AvgIpc) is 2.33. The van der Waals surface area contributed by atoms with Gasteiger partial charge in [0.15, 0.2) is 0 Å². The molecule has 0 spiro atoms. The molecule has 88 valence electrons. The Morgan fingerprint density at radius 3 is 2.88 bits per heavy atom. The maximum atomic E-state index is 4.19. The molecule has 0 radical (unpaired) electrons. The first-order chi connectivity index (χ1) is 7.84. The van der Waals surface area contributed by atoms with E-state index in [1.807, 2.05) is 0 Å². The monoisotopic (exact) mass is 220 g/mol. The lowest BCUT2D eigenvalue weighted by Gasteiger charge is -2.28. The zero-order chi connectivity index (χ0) is 11.2. The minimum atomic E-state index is 0.875. The molecule has 0 atom stereocenters. The Hall–Kier alpha value is -1.16. The summed E-state index contributed by atoms with van der Waals surface area (Å²) in [5, 5.41) is 3.32. The lowest BCUT2D eigenvalue weighted by molar-refractivity contribution is 0.215. The van der Waals surface area contributed by atoms with Crippen LogP contribution in [0.5, 0.6) is 0 Å². The molecule has 2 rings (SSSR count). The van der Waals surface area contributed by atoms with Crippen molar-refractivity contribution in [3.63, 3.8) is 0 Å². The summed E-state index contributed by atoms with van der Waals surface area (Å²) in [7, 11) is 2.20. The van der Waals surface area contributed by atoms with E-state index in [1.165, 1.54) is 32.4 Å². The summed E-state index contributed by atoms with van der Waals surface area (Å²) in [4.78, 5) is 10.6. The van der Waals surface area contributed by atoms with Crippen molar-refractivity contribution >= 4 is 5.82 Å². The molecule has 0 saturated carbocycles. The Morgan fingerprint density at radius 2 is 2.19 bits per heavy atom. The van der Waals surface area contributed by atoms with E-state index in [9.17, 15) is 0 Å². The number of nitrogens with zero attached hydrogens (tertiary/aromatic N) is 3. The summed E-state index contributed by atoms with van der Waals surface area (Å²) >= 11 is 0. The van der Waals surface area contributed by atoms with Gasteiger partial charge < -0.3 is 10.2 Å². The lowest BCUT2D eigenvalue weighted by Crippen LogP contribution is -2.30. The minimum Gasteiger partial charge on any atom is -0.369 e. The maximum absolute atomic E-state index is 4.19. The first-order valence-electron chi connectivity index (χ1n) is 6.03. The fourth-order valence-corrected chi connectivity index (χ4v) is 2.15. The maximum Gasteiger partial charge on any atom is 0.144 e. The van der Waals surface area contributed by atoms with E-state index in [0.29, 0.717) is 0 Å². The van der Waals surface area contributed by atoms with Crippen molar-refractivity contribution in [3.05, 3.63) is 18.6 Å². The van der Waals surface area contributed by atoms with Gasteiger partial charge >= 0.3 is 0 Å². The van der Waals surface area contributed by atoms with Crippen LogP contribution in [0.15, 0.2) is 18.6 Å². The van der Waals surface area contributed by atoms with Crippen molar-refractivity contribution in [1.82, 2.24) is 14.9 Å². The van der Waals surface area contributed by atoms with Crippen LogP contribution in [-0.4, -0.2) is 41.5 Å². The van der Waals surface area contributed by atoms with E-state index in [1.54, 1.807) is 18.6 Å². The number of rotatable bonds is 4. The Morgan fingerprint density at radius 1 is 1.38 bits per heavy atom. The van der Waals surface area contributed by atoms with Gasteiger partial charge in [-0.1, -0.05) is 0 Å². The van der Waals surface area contributed by atoms with Crippen molar-refractivity contribution in [1.29, 1.82) is 0 Å². The highest BCUT2D eigenvalue weighted by Crippen LogP contribution is 2.19.